The second kappa shape index (κ2) is 7.78. The van der Waals surface area contributed by atoms with Crippen LogP contribution in [0.2, 0.25) is 0 Å². The number of nitrogens with one attached hydrogen (secondary N) is 1. The third-order valence-corrected chi connectivity index (χ3v) is 7.04. The molecular formula is C22H29N3O4. The Morgan fingerprint density at radius 2 is 2.21 bits per heavy atom. The summed E-state index contributed by atoms with van der Waals surface area (Å²) in [5.41, 5.74) is 3.43. The van der Waals surface area contributed by atoms with Crippen molar-refractivity contribution in [1.29, 1.82) is 0 Å². The number of ether oxygens (including phenoxy) is 2. The number of fused-ring (bicyclic) bond motifs is 5. The second-order valence-corrected chi connectivity index (χ2v) is 8.29. The molecule has 1 N–H and O–H groups in total. The Kier molecular flexibility index (Phi) is 5.34. The minimum atomic E-state index is -0.963. The number of hydrogen-bond donors (Lipinski definition) is 1. The molecule has 1 saturated heterocycles. The quantitative estimate of drug-likeness (QED) is 0.587. The van der Waals surface area contributed by atoms with E-state index in [1.807, 2.05) is 12.1 Å². The first kappa shape index (κ1) is 19.9. The average Bonchev–Trinajstić information content (AvgIpc) is 3.14. The zero-order chi connectivity index (χ0) is 20.6. The third kappa shape index (κ3) is 3.21. The Bertz CT molecular complexity index is 924. The maximum absolute atomic E-state index is 12.1. The molecule has 0 aliphatic carbocycles. The number of rotatable bonds is 6. The van der Waals surface area contributed by atoms with Gasteiger partial charge in [0, 0.05) is 29.2 Å². The number of piperidine rings is 1. The van der Waals surface area contributed by atoms with Crippen LogP contribution in [0.5, 0.6) is 5.75 Å². The van der Waals surface area contributed by atoms with E-state index in [2.05, 4.69) is 28.1 Å². The Hall–Kier alpha value is -2.41. The van der Waals surface area contributed by atoms with Crippen LogP contribution in [0.4, 0.5) is 0 Å². The number of benzene rings is 1. The molecule has 0 radical (unpaired) electrons. The van der Waals surface area contributed by atoms with Gasteiger partial charge in [-0.1, -0.05) is 12.1 Å². The first-order valence-electron chi connectivity index (χ1n) is 10.4. The molecule has 29 heavy (non-hydrogen) atoms. The number of nitroso groups, excluding NO2 is 1. The molecule has 2 aliphatic rings. The van der Waals surface area contributed by atoms with Crippen molar-refractivity contribution in [2.45, 2.75) is 51.1 Å². The lowest BCUT2D eigenvalue weighted by atomic mass is 9.65. The fourth-order valence-electron chi connectivity index (χ4n) is 5.57. The number of esters is 1. The first-order chi connectivity index (χ1) is 14.1. The smallest absolute Gasteiger partial charge is 0.334 e. The van der Waals surface area contributed by atoms with Crippen molar-refractivity contribution in [2.75, 3.05) is 27.3 Å². The molecule has 0 saturated carbocycles. The van der Waals surface area contributed by atoms with E-state index >= 15 is 0 Å². The number of hydrogen-bond acceptors (Lipinski definition) is 6. The lowest BCUT2D eigenvalue weighted by molar-refractivity contribution is -0.144. The molecule has 0 spiro atoms. The van der Waals surface area contributed by atoms with E-state index in [4.69, 9.17) is 9.47 Å². The van der Waals surface area contributed by atoms with Gasteiger partial charge in [-0.25, -0.2) is 4.79 Å². The van der Waals surface area contributed by atoms with E-state index in [0.29, 0.717) is 6.42 Å². The summed E-state index contributed by atoms with van der Waals surface area (Å²) < 4.78 is 10.2. The monoisotopic (exact) mass is 399 g/mol. The summed E-state index contributed by atoms with van der Waals surface area (Å²) in [6.45, 7) is 4.17. The van der Waals surface area contributed by atoms with E-state index in [1.54, 1.807) is 7.11 Å². The molecule has 7 nitrogen and oxygen atoms in total. The Labute approximate surface area is 170 Å². The molecule has 1 fully saturated rings. The fourth-order valence-corrected chi connectivity index (χ4v) is 5.57. The van der Waals surface area contributed by atoms with Gasteiger partial charge in [-0.05, 0) is 61.8 Å². The second-order valence-electron chi connectivity index (χ2n) is 8.29. The summed E-state index contributed by atoms with van der Waals surface area (Å²) in [4.78, 5) is 29.8. The van der Waals surface area contributed by atoms with E-state index in [1.165, 1.54) is 23.8 Å². The maximum atomic E-state index is 12.1. The molecule has 0 bridgehead atoms. The number of aromatic amines is 1. The van der Waals surface area contributed by atoms with Gasteiger partial charge in [0.25, 0.3) is 0 Å². The molecule has 156 valence electrons. The van der Waals surface area contributed by atoms with Gasteiger partial charge in [0.15, 0.2) is 6.04 Å². The number of methoxy groups -OCH3 is 2. The topological polar surface area (TPSA) is 84.0 Å². The van der Waals surface area contributed by atoms with Crippen LogP contribution in [-0.2, 0) is 16.0 Å². The number of carbonyl (C=O) groups is 1. The van der Waals surface area contributed by atoms with Crippen LogP contribution >= 0.6 is 0 Å². The minimum Gasteiger partial charge on any atom is -0.497 e. The highest BCUT2D eigenvalue weighted by Gasteiger charge is 2.49. The van der Waals surface area contributed by atoms with Crippen molar-refractivity contribution in [2.24, 2.45) is 10.6 Å². The largest absolute Gasteiger partial charge is 0.497 e. The molecule has 2 aliphatic heterocycles. The van der Waals surface area contributed by atoms with Gasteiger partial charge in [0.1, 0.15) is 5.75 Å². The van der Waals surface area contributed by atoms with Gasteiger partial charge in [0.2, 0.25) is 0 Å². The highest BCUT2D eigenvalue weighted by molar-refractivity contribution is 5.86. The minimum absolute atomic E-state index is 0.136. The zero-order valence-corrected chi connectivity index (χ0v) is 17.4. The Morgan fingerprint density at radius 1 is 1.38 bits per heavy atom. The molecule has 3 heterocycles. The van der Waals surface area contributed by atoms with Gasteiger partial charge in [-0.15, -0.1) is 4.91 Å². The van der Waals surface area contributed by atoms with Crippen LogP contribution in [0.15, 0.2) is 23.4 Å². The van der Waals surface area contributed by atoms with Crippen molar-refractivity contribution in [1.82, 2.24) is 9.88 Å². The zero-order valence-electron chi connectivity index (χ0n) is 17.4. The molecular weight excluding hydrogens is 370 g/mol. The van der Waals surface area contributed by atoms with Crippen molar-refractivity contribution in [3.05, 3.63) is 34.4 Å². The van der Waals surface area contributed by atoms with Crippen molar-refractivity contribution < 1.29 is 14.3 Å². The summed E-state index contributed by atoms with van der Waals surface area (Å²) in [6, 6.07) is 5.34. The van der Waals surface area contributed by atoms with Crippen LogP contribution in [-0.4, -0.2) is 49.2 Å². The molecule has 3 atom stereocenters. The number of H-pyrrole nitrogens is 1. The maximum Gasteiger partial charge on any atom is 0.334 e. The fraction of sp³-hybridized carbons (Fsp3) is 0.591. The summed E-state index contributed by atoms with van der Waals surface area (Å²) in [6.07, 6.45) is 4.30. The van der Waals surface area contributed by atoms with Gasteiger partial charge in [-0.2, -0.15) is 0 Å². The Morgan fingerprint density at radius 3 is 2.90 bits per heavy atom. The number of aromatic nitrogens is 1. The van der Waals surface area contributed by atoms with Crippen LogP contribution in [0, 0.1) is 10.3 Å². The predicted octanol–water partition coefficient (Wildman–Crippen LogP) is 3.96. The van der Waals surface area contributed by atoms with Crippen LogP contribution in [0.3, 0.4) is 0 Å². The van der Waals surface area contributed by atoms with Crippen LogP contribution in [0.25, 0.3) is 10.9 Å². The lowest BCUT2D eigenvalue weighted by Gasteiger charge is -2.52. The summed E-state index contributed by atoms with van der Waals surface area (Å²) in [5.74, 6) is 0.289. The lowest BCUT2D eigenvalue weighted by Crippen LogP contribution is -2.50. The van der Waals surface area contributed by atoms with Gasteiger partial charge >= 0.3 is 5.97 Å². The van der Waals surface area contributed by atoms with Crippen LogP contribution < -0.4 is 4.74 Å². The van der Waals surface area contributed by atoms with Crippen molar-refractivity contribution in [3.8, 4) is 5.75 Å². The molecule has 3 unspecified atom stereocenters. The summed E-state index contributed by atoms with van der Waals surface area (Å²) in [5, 5.41) is 4.37. The van der Waals surface area contributed by atoms with E-state index in [-0.39, 0.29) is 11.5 Å². The highest BCUT2D eigenvalue weighted by Crippen LogP contribution is 2.54. The summed E-state index contributed by atoms with van der Waals surface area (Å²) in [7, 11) is 2.99. The number of carbonyl (C=O) groups excluding carboxylic acids is 1. The molecule has 1 aromatic heterocycles. The van der Waals surface area contributed by atoms with Crippen molar-refractivity contribution in [3.63, 3.8) is 0 Å². The first-order valence-corrected chi connectivity index (χ1v) is 10.4. The molecule has 2 aromatic rings. The predicted molar refractivity (Wildman–Crippen MR) is 111 cm³/mol. The van der Waals surface area contributed by atoms with E-state index < -0.39 is 12.0 Å². The van der Waals surface area contributed by atoms with Crippen LogP contribution in [0.1, 0.15) is 49.9 Å². The number of nitrogens with zero attached hydrogens (tertiary/aromatic N) is 2. The molecule has 4 rings (SSSR count). The van der Waals surface area contributed by atoms with Gasteiger partial charge in [-0.3, -0.25) is 4.90 Å². The normalized spacial score (nSPS) is 25.1. The van der Waals surface area contributed by atoms with Gasteiger partial charge < -0.3 is 14.5 Å². The molecule has 1 aromatic carbocycles. The Balaban J connectivity index is 1.80. The van der Waals surface area contributed by atoms with Crippen molar-refractivity contribution >= 4 is 16.9 Å². The SMILES string of the molecule is CCC1(CC(N=O)C(=O)OC)CCCN2CCc3c([nH]c4cc(OC)ccc34)C21. The highest BCUT2D eigenvalue weighted by atomic mass is 16.5. The third-order valence-electron chi connectivity index (χ3n) is 7.04. The molecule has 7 heteroatoms. The van der Waals surface area contributed by atoms with Gasteiger partial charge in [0.05, 0.1) is 20.3 Å². The van der Waals surface area contributed by atoms with E-state index in [0.717, 1.165) is 50.0 Å². The summed E-state index contributed by atoms with van der Waals surface area (Å²) >= 11 is 0. The average molecular weight is 399 g/mol. The van der Waals surface area contributed by atoms with E-state index in [9.17, 15) is 9.70 Å². The standard InChI is InChI=1S/C22H29N3O4/c1-4-22(13-18(24-27)21(26)29-3)9-5-10-25-11-8-16-15-7-6-14(28-2)12-17(15)23-19(16)20(22)25/h6-7,12,18,20,23H,4-5,8-11,13H2,1-3H3. The molecule has 0 amide bonds.